The number of nitrogens with one attached hydrogen (secondary N) is 1. The summed E-state index contributed by atoms with van der Waals surface area (Å²) in [5.41, 5.74) is -0.226. The molecule has 0 aliphatic rings. The van der Waals surface area contributed by atoms with Crippen molar-refractivity contribution < 1.29 is 14.3 Å². The molecule has 106 valence electrons. The van der Waals surface area contributed by atoms with E-state index in [1.807, 2.05) is 26.2 Å². The number of ether oxygens (including phenoxy) is 2. The molecular formula is C13H25NO3S. The topological polar surface area (TPSA) is 47.6 Å². The third-order valence-corrected chi connectivity index (χ3v) is 2.81. The molecule has 1 N–H and O–H groups in total. The highest BCUT2D eigenvalue weighted by Crippen LogP contribution is 2.09. The number of rotatable bonds is 11. The van der Waals surface area contributed by atoms with E-state index in [0.717, 1.165) is 5.75 Å². The summed E-state index contributed by atoms with van der Waals surface area (Å²) in [4.78, 5) is 11.1. The molecule has 0 saturated heterocycles. The second kappa shape index (κ2) is 10.4. The Balaban J connectivity index is 3.56. The number of esters is 1. The van der Waals surface area contributed by atoms with Gasteiger partial charge in [-0.3, -0.25) is 4.79 Å². The molecule has 0 amide bonds. The lowest BCUT2D eigenvalue weighted by molar-refractivity contribution is -0.143. The van der Waals surface area contributed by atoms with Crippen LogP contribution in [0.25, 0.3) is 0 Å². The third kappa shape index (κ3) is 10.6. The van der Waals surface area contributed by atoms with Crippen molar-refractivity contribution in [3.05, 3.63) is 12.0 Å². The Bertz CT molecular complexity index is 244. The van der Waals surface area contributed by atoms with Crippen molar-refractivity contribution in [2.24, 2.45) is 0 Å². The van der Waals surface area contributed by atoms with Crippen molar-refractivity contribution in [2.45, 2.75) is 32.8 Å². The molecule has 0 aliphatic carbocycles. The van der Waals surface area contributed by atoms with Crippen LogP contribution in [0.4, 0.5) is 0 Å². The predicted molar refractivity (Wildman–Crippen MR) is 76.8 cm³/mol. The lowest BCUT2D eigenvalue weighted by atomic mass is 10.1. The number of hydrogen-bond donors (Lipinski definition) is 1. The zero-order valence-electron chi connectivity index (χ0n) is 11.7. The third-order valence-electron chi connectivity index (χ3n) is 2.17. The smallest absolute Gasteiger partial charge is 0.307 e. The van der Waals surface area contributed by atoms with Gasteiger partial charge in [0.25, 0.3) is 0 Å². The molecule has 4 nitrogen and oxygen atoms in total. The van der Waals surface area contributed by atoms with Crippen LogP contribution in [0.5, 0.6) is 0 Å². The van der Waals surface area contributed by atoms with Gasteiger partial charge in [-0.25, -0.2) is 0 Å². The van der Waals surface area contributed by atoms with Gasteiger partial charge in [0, 0.05) is 18.8 Å². The summed E-state index contributed by atoms with van der Waals surface area (Å²) < 4.78 is 10.6. The van der Waals surface area contributed by atoms with E-state index >= 15 is 0 Å². The number of hydrogen-bond acceptors (Lipinski definition) is 5. The average molecular weight is 275 g/mol. The van der Waals surface area contributed by atoms with Crippen molar-refractivity contribution in [3.8, 4) is 0 Å². The minimum absolute atomic E-state index is 0.161. The van der Waals surface area contributed by atoms with Crippen LogP contribution < -0.4 is 5.32 Å². The molecule has 0 aromatic carbocycles. The summed E-state index contributed by atoms with van der Waals surface area (Å²) in [5, 5.41) is 5.02. The summed E-state index contributed by atoms with van der Waals surface area (Å²) in [7, 11) is 0. The molecule has 0 bridgehead atoms. The Kier molecular flexibility index (Phi) is 10.1. The summed E-state index contributed by atoms with van der Waals surface area (Å²) in [5.74, 6) is 0.751. The average Bonchev–Trinajstić information content (AvgIpc) is 2.31. The molecule has 0 aliphatic heterocycles. The zero-order chi connectivity index (χ0) is 13.9. The second-order valence-corrected chi connectivity index (χ2v) is 5.45. The van der Waals surface area contributed by atoms with E-state index in [0.29, 0.717) is 32.7 Å². The Labute approximate surface area is 114 Å². The van der Waals surface area contributed by atoms with E-state index in [1.165, 1.54) is 0 Å². The monoisotopic (exact) mass is 275 g/mol. The Morgan fingerprint density at radius 2 is 2.22 bits per heavy atom. The van der Waals surface area contributed by atoms with Crippen molar-refractivity contribution in [3.63, 3.8) is 0 Å². The van der Waals surface area contributed by atoms with Gasteiger partial charge < -0.3 is 14.8 Å². The summed E-state index contributed by atoms with van der Waals surface area (Å²) in [6.45, 7) is 12.0. The van der Waals surface area contributed by atoms with E-state index in [4.69, 9.17) is 9.47 Å². The molecule has 0 saturated carbocycles. The number of carbonyl (C=O) groups is 1. The van der Waals surface area contributed by atoms with E-state index in [1.54, 1.807) is 11.8 Å². The minimum atomic E-state index is -0.226. The minimum Gasteiger partial charge on any atom is -0.466 e. The largest absolute Gasteiger partial charge is 0.466 e. The van der Waals surface area contributed by atoms with Crippen molar-refractivity contribution in [2.75, 3.05) is 32.1 Å². The molecule has 18 heavy (non-hydrogen) atoms. The van der Waals surface area contributed by atoms with Gasteiger partial charge in [0.2, 0.25) is 0 Å². The molecule has 0 spiro atoms. The molecule has 0 rings (SSSR count). The van der Waals surface area contributed by atoms with Crippen LogP contribution in [-0.2, 0) is 14.3 Å². The first-order chi connectivity index (χ1) is 8.52. The lowest BCUT2D eigenvalue weighted by Gasteiger charge is -2.25. The highest BCUT2D eigenvalue weighted by atomic mass is 32.2. The van der Waals surface area contributed by atoms with Crippen LogP contribution in [0.15, 0.2) is 12.0 Å². The molecule has 0 unspecified atom stereocenters. The van der Waals surface area contributed by atoms with Gasteiger partial charge in [0.05, 0.1) is 25.2 Å². The van der Waals surface area contributed by atoms with Crippen LogP contribution in [0.2, 0.25) is 0 Å². The van der Waals surface area contributed by atoms with Gasteiger partial charge >= 0.3 is 5.97 Å². The highest BCUT2D eigenvalue weighted by Gasteiger charge is 2.17. The van der Waals surface area contributed by atoms with E-state index < -0.39 is 0 Å². The maximum Gasteiger partial charge on any atom is 0.307 e. The quantitative estimate of drug-likeness (QED) is 0.463. The Morgan fingerprint density at radius 3 is 2.83 bits per heavy atom. The fourth-order valence-electron chi connectivity index (χ4n) is 1.31. The van der Waals surface area contributed by atoms with Crippen LogP contribution in [-0.4, -0.2) is 43.6 Å². The SMILES string of the molecule is C=CSCCOC(C)(C)CNCCC(=O)OCC. The van der Waals surface area contributed by atoms with Crippen LogP contribution in [0, 0.1) is 0 Å². The predicted octanol–water partition coefficient (Wildman–Crippen LogP) is 2.20. The Morgan fingerprint density at radius 1 is 1.50 bits per heavy atom. The maximum absolute atomic E-state index is 11.1. The van der Waals surface area contributed by atoms with Crippen LogP contribution in [0.1, 0.15) is 27.2 Å². The normalized spacial score (nSPS) is 11.3. The van der Waals surface area contributed by atoms with E-state index in [-0.39, 0.29) is 11.6 Å². The summed E-state index contributed by atoms with van der Waals surface area (Å²) in [6, 6.07) is 0. The van der Waals surface area contributed by atoms with Gasteiger partial charge in [-0.1, -0.05) is 6.58 Å². The molecule has 0 atom stereocenters. The van der Waals surface area contributed by atoms with Crippen LogP contribution in [0.3, 0.4) is 0 Å². The van der Waals surface area contributed by atoms with Gasteiger partial charge in [0.15, 0.2) is 0 Å². The van der Waals surface area contributed by atoms with E-state index in [2.05, 4.69) is 11.9 Å². The van der Waals surface area contributed by atoms with Crippen molar-refractivity contribution in [1.29, 1.82) is 0 Å². The molecule has 0 aromatic heterocycles. The van der Waals surface area contributed by atoms with Crippen molar-refractivity contribution >= 4 is 17.7 Å². The van der Waals surface area contributed by atoms with Gasteiger partial charge in [-0.05, 0) is 26.2 Å². The van der Waals surface area contributed by atoms with Crippen LogP contribution >= 0.6 is 11.8 Å². The summed E-state index contributed by atoms with van der Waals surface area (Å²) in [6.07, 6.45) is 0.399. The molecule has 5 heteroatoms. The number of carbonyl (C=O) groups excluding carboxylic acids is 1. The Hall–Kier alpha value is -0.520. The molecule has 0 fully saturated rings. The second-order valence-electron chi connectivity index (χ2n) is 4.38. The van der Waals surface area contributed by atoms with Gasteiger partial charge in [0.1, 0.15) is 0 Å². The highest BCUT2D eigenvalue weighted by molar-refractivity contribution is 8.02. The lowest BCUT2D eigenvalue weighted by Crippen LogP contribution is -2.39. The molecule has 0 heterocycles. The van der Waals surface area contributed by atoms with Crippen molar-refractivity contribution in [1.82, 2.24) is 5.32 Å². The fraction of sp³-hybridized carbons (Fsp3) is 0.769. The van der Waals surface area contributed by atoms with E-state index in [9.17, 15) is 4.79 Å². The first-order valence-corrected chi connectivity index (χ1v) is 7.29. The van der Waals surface area contributed by atoms with Gasteiger partial charge in [-0.15, -0.1) is 11.8 Å². The molecular weight excluding hydrogens is 250 g/mol. The summed E-state index contributed by atoms with van der Waals surface area (Å²) >= 11 is 1.64. The number of thioether (sulfide) groups is 1. The first-order valence-electron chi connectivity index (χ1n) is 6.24. The maximum atomic E-state index is 11.1. The fourth-order valence-corrected chi connectivity index (χ4v) is 1.66. The molecule has 0 aromatic rings. The first kappa shape index (κ1) is 17.5. The van der Waals surface area contributed by atoms with Gasteiger partial charge in [-0.2, -0.15) is 0 Å². The zero-order valence-corrected chi connectivity index (χ0v) is 12.5. The standard InChI is InChI=1S/C13H25NO3S/c1-5-16-12(15)7-8-14-11-13(3,4)17-9-10-18-6-2/h6,14H,2,5,7-11H2,1,3-4H3. The molecule has 0 radical (unpaired) electrons.